The maximum Gasteiger partial charge on any atom is 0.315 e. The Balaban J connectivity index is 1.83. The Morgan fingerprint density at radius 2 is 2.38 bits per heavy atom. The van der Waals surface area contributed by atoms with Gasteiger partial charge in [-0.2, -0.15) is 0 Å². The lowest BCUT2D eigenvalue weighted by atomic mass is 10.2. The Hall–Kier alpha value is -1.43. The summed E-state index contributed by atoms with van der Waals surface area (Å²) in [5, 5.41) is 11.0. The van der Waals surface area contributed by atoms with E-state index in [1.165, 1.54) is 0 Å². The average molecular weight is 238 g/mol. The first-order chi connectivity index (χ1) is 7.88. The predicted octanol–water partition coefficient (Wildman–Crippen LogP) is 2.48. The number of aryl methyl sites for hydroxylation is 1. The van der Waals surface area contributed by atoms with Gasteiger partial charge in [-0.3, -0.25) is 4.98 Å². The standard InChI is InChI=1S/C10H14N4OS/c1-2-3-4-9-13-14-10(15-9)12-6-8-5-11-7-16-8/h5,7H,2-4,6H2,1H3,(H,12,14). The van der Waals surface area contributed by atoms with Crippen LogP contribution in [0, 0.1) is 0 Å². The minimum atomic E-state index is 0.486. The minimum absolute atomic E-state index is 0.486. The molecule has 0 aliphatic heterocycles. The zero-order valence-corrected chi connectivity index (χ0v) is 9.96. The second-order valence-electron chi connectivity index (χ2n) is 3.43. The molecule has 0 saturated heterocycles. The number of rotatable bonds is 6. The summed E-state index contributed by atoms with van der Waals surface area (Å²) < 4.78 is 5.43. The third kappa shape index (κ3) is 3.03. The highest BCUT2D eigenvalue weighted by Crippen LogP contribution is 2.11. The van der Waals surface area contributed by atoms with Gasteiger partial charge in [-0.15, -0.1) is 16.4 Å². The minimum Gasteiger partial charge on any atom is -0.408 e. The van der Waals surface area contributed by atoms with E-state index in [1.54, 1.807) is 16.8 Å². The molecular weight excluding hydrogens is 224 g/mol. The lowest BCUT2D eigenvalue weighted by Crippen LogP contribution is -1.97. The molecule has 0 radical (unpaired) electrons. The number of unbranched alkanes of at least 4 members (excludes halogenated alkanes) is 1. The summed E-state index contributed by atoms with van der Waals surface area (Å²) in [7, 11) is 0. The molecule has 0 atom stereocenters. The van der Waals surface area contributed by atoms with Gasteiger partial charge in [0, 0.05) is 17.5 Å². The number of aromatic nitrogens is 3. The third-order valence-corrected chi connectivity index (χ3v) is 2.89. The van der Waals surface area contributed by atoms with E-state index in [4.69, 9.17) is 4.42 Å². The van der Waals surface area contributed by atoms with Crippen LogP contribution in [0.1, 0.15) is 30.5 Å². The molecule has 2 aromatic rings. The second kappa shape index (κ2) is 5.60. The van der Waals surface area contributed by atoms with E-state index in [9.17, 15) is 0 Å². The number of nitrogens with one attached hydrogen (secondary N) is 1. The van der Waals surface area contributed by atoms with E-state index in [-0.39, 0.29) is 0 Å². The molecule has 0 saturated carbocycles. The van der Waals surface area contributed by atoms with E-state index in [2.05, 4.69) is 27.4 Å². The lowest BCUT2D eigenvalue weighted by molar-refractivity contribution is 0.495. The van der Waals surface area contributed by atoms with Crippen LogP contribution in [0.25, 0.3) is 0 Å². The summed E-state index contributed by atoms with van der Waals surface area (Å²) in [6.45, 7) is 2.82. The zero-order valence-electron chi connectivity index (χ0n) is 9.14. The fourth-order valence-electron chi connectivity index (χ4n) is 1.25. The van der Waals surface area contributed by atoms with Gasteiger partial charge in [-0.1, -0.05) is 18.4 Å². The Kier molecular flexibility index (Phi) is 3.87. The molecule has 16 heavy (non-hydrogen) atoms. The third-order valence-electron chi connectivity index (χ3n) is 2.11. The van der Waals surface area contributed by atoms with Gasteiger partial charge in [0.1, 0.15) is 0 Å². The van der Waals surface area contributed by atoms with E-state index in [1.807, 2.05) is 6.20 Å². The van der Waals surface area contributed by atoms with Crippen molar-refractivity contribution in [2.45, 2.75) is 32.7 Å². The smallest absolute Gasteiger partial charge is 0.315 e. The summed E-state index contributed by atoms with van der Waals surface area (Å²) >= 11 is 1.60. The molecule has 1 N–H and O–H groups in total. The van der Waals surface area contributed by atoms with Crippen molar-refractivity contribution >= 4 is 17.4 Å². The summed E-state index contributed by atoms with van der Waals surface area (Å²) in [6, 6.07) is 0.486. The molecule has 0 amide bonds. The van der Waals surface area contributed by atoms with Gasteiger partial charge < -0.3 is 9.73 Å². The number of hydrogen-bond acceptors (Lipinski definition) is 6. The second-order valence-corrected chi connectivity index (χ2v) is 4.40. The number of hydrogen-bond donors (Lipinski definition) is 1. The number of anilines is 1. The summed E-state index contributed by atoms with van der Waals surface area (Å²) in [4.78, 5) is 5.14. The van der Waals surface area contributed by atoms with Crippen LogP contribution in [-0.2, 0) is 13.0 Å². The fraction of sp³-hybridized carbons (Fsp3) is 0.500. The molecule has 0 fully saturated rings. The van der Waals surface area contributed by atoms with Gasteiger partial charge in [0.2, 0.25) is 5.89 Å². The first-order valence-electron chi connectivity index (χ1n) is 5.32. The van der Waals surface area contributed by atoms with Gasteiger partial charge in [0.15, 0.2) is 0 Å². The van der Waals surface area contributed by atoms with Crippen LogP contribution in [0.3, 0.4) is 0 Å². The van der Waals surface area contributed by atoms with Crippen LogP contribution >= 0.6 is 11.3 Å². The van der Waals surface area contributed by atoms with Gasteiger partial charge >= 0.3 is 6.01 Å². The molecule has 0 aliphatic carbocycles. The van der Waals surface area contributed by atoms with Crippen molar-refractivity contribution in [1.29, 1.82) is 0 Å². The van der Waals surface area contributed by atoms with Crippen LogP contribution in [0.4, 0.5) is 6.01 Å². The predicted molar refractivity (Wildman–Crippen MR) is 62.4 cm³/mol. The Labute approximate surface area is 97.9 Å². The highest BCUT2D eigenvalue weighted by molar-refractivity contribution is 7.09. The van der Waals surface area contributed by atoms with Crippen LogP contribution in [0.15, 0.2) is 16.1 Å². The van der Waals surface area contributed by atoms with Crippen molar-refractivity contribution in [2.24, 2.45) is 0 Å². The van der Waals surface area contributed by atoms with Crippen molar-refractivity contribution in [3.05, 3.63) is 22.5 Å². The van der Waals surface area contributed by atoms with Crippen LogP contribution in [0.5, 0.6) is 0 Å². The highest BCUT2D eigenvalue weighted by Gasteiger charge is 2.05. The van der Waals surface area contributed by atoms with Crippen LogP contribution in [-0.4, -0.2) is 15.2 Å². The normalized spacial score (nSPS) is 10.6. The maximum absolute atomic E-state index is 5.43. The van der Waals surface area contributed by atoms with Crippen LogP contribution in [0.2, 0.25) is 0 Å². The molecule has 0 aromatic carbocycles. The van der Waals surface area contributed by atoms with Crippen molar-refractivity contribution < 1.29 is 4.42 Å². The Morgan fingerprint density at radius 1 is 1.44 bits per heavy atom. The van der Waals surface area contributed by atoms with Gasteiger partial charge in [-0.05, 0) is 6.42 Å². The quantitative estimate of drug-likeness (QED) is 0.837. The molecule has 5 nitrogen and oxygen atoms in total. The topological polar surface area (TPSA) is 63.8 Å². The van der Waals surface area contributed by atoms with Crippen molar-refractivity contribution in [1.82, 2.24) is 15.2 Å². The van der Waals surface area contributed by atoms with Crippen molar-refractivity contribution in [3.8, 4) is 0 Å². The molecule has 0 spiro atoms. The Morgan fingerprint density at radius 3 is 3.12 bits per heavy atom. The first-order valence-corrected chi connectivity index (χ1v) is 6.20. The maximum atomic E-state index is 5.43. The first kappa shape index (κ1) is 11.1. The molecule has 0 unspecified atom stereocenters. The largest absolute Gasteiger partial charge is 0.408 e. The molecule has 0 aliphatic rings. The van der Waals surface area contributed by atoms with Crippen molar-refractivity contribution in [3.63, 3.8) is 0 Å². The molecule has 2 heterocycles. The van der Waals surface area contributed by atoms with Crippen molar-refractivity contribution in [2.75, 3.05) is 5.32 Å². The van der Waals surface area contributed by atoms with Crippen LogP contribution < -0.4 is 5.32 Å². The lowest BCUT2D eigenvalue weighted by Gasteiger charge is -1.96. The molecule has 86 valence electrons. The number of nitrogens with zero attached hydrogens (tertiary/aromatic N) is 3. The van der Waals surface area contributed by atoms with E-state index in [0.717, 1.165) is 24.1 Å². The summed E-state index contributed by atoms with van der Waals surface area (Å²) in [6.07, 6.45) is 4.89. The van der Waals surface area contributed by atoms with Gasteiger partial charge in [-0.25, -0.2) is 0 Å². The Bertz CT molecular complexity index is 412. The summed E-state index contributed by atoms with van der Waals surface area (Å²) in [5.41, 5.74) is 1.80. The number of thiazole rings is 1. The van der Waals surface area contributed by atoms with E-state index < -0.39 is 0 Å². The SMILES string of the molecule is CCCCc1nnc(NCc2cncs2)o1. The molecule has 0 bridgehead atoms. The van der Waals surface area contributed by atoms with Gasteiger partial charge in [0.25, 0.3) is 0 Å². The molecular formula is C10H14N4OS. The highest BCUT2D eigenvalue weighted by atomic mass is 32.1. The molecule has 2 aromatic heterocycles. The van der Waals surface area contributed by atoms with Gasteiger partial charge in [0.05, 0.1) is 12.1 Å². The van der Waals surface area contributed by atoms with E-state index in [0.29, 0.717) is 18.5 Å². The van der Waals surface area contributed by atoms with E-state index >= 15 is 0 Å². The molecule has 6 heteroatoms. The monoisotopic (exact) mass is 238 g/mol. The fourth-order valence-corrected chi connectivity index (χ4v) is 1.78. The zero-order chi connectivity index (χ0) is 11.2. The molecule has 2 rings (SSSR count). The summed E-state index contributed by atoms with van der Waals surface area (Å²) in [5.74, 6) is 0.702. The average Bonchev–Trinajstić information content (AvgIpc) is 2.95.